The molecule has 0 bridgehead atoms. The number of nitrogens with zero attached hydrogens (tertiary/aromatic N) is 4. The highest BCUT2D eigenvalue weighted by molar-refractivity contribution is 6.02. The quantitative estimate of drug-likeness (QED) is 0.136. The molecule has 0 atom stereocenters. The van der Waals surface area contributed by atoms with Gasteiger partial charge in [-0.15, -0.1) is 0 Å². The van der Waals surface area contributed by atoms with E-state index in [4.69, 9.17) is 0 Å². The van der Waals surface area contributed by atoms with Crippen molar-refractivity contribution in [1.82, 2.24) is 9.13 Å². The predicted octanol–water partition coefficient (Wildman–Crippen LogP) is 20.7. The number of benzene rings is 11. The summed E-state index contributed by atoms with van der Waals surface area (Å²) in [6, 6.07) is 92.4. The second-order valence-electron chi connectivity index (χ2n) is 22.9. The summed E-state index contributed by atoms with van der Waals surface area (Å²) in [5.41, 5.74) is 24.0. The number of hydrogen-bond acceptors (Lipinski definition) is 2. The SMILES string of the molecule is CC1(C)c2ccccc2-c2ccc(N(c3ccccc3)c3ccc(-n4c(-c5ccc(F)cc5)cc5cc6c(cc(-c7ccc(F)cc7)n6-c6ccc(N(c7ccccc7)c7ccc8c(c7)C(C)(C)c7ccccc7-8)cc6)cc54)cc3)cc21. The van der Waals surface area contributed by atoms with Crippen molar-refractivity contribution in [3.63, 3.8) is 0 Å². The molecule has 0 saturated heterocycles. The van der Waals surface area contributed by atoms with Gasteiger partial charge in [0.1, 0.15) is 11.6 Å². The molecule has 2 heterocycles. The van der Waals surface area contributed by atoms with Crippen LogP contribution in [-0.2, 0) is 10.8 Å². The van der Waals surface area contributed by atoms with Gasteiger partial charge in [0.05, 0.1) is 22.4 Å². The van der Waals surface area contributed by atoms with Crippen molar-refractivity contribution in [1.29, 1.82) is 0 Å². The van der Waals surface area contributed by atoms with Crippen molar-refractivity contribution >= 4 is 55.9 Å². The number of para-hydroxylation sites is 2. The summed E-state index contributed by atoms with van der Waals surface area (Å²) >= 11 is 0. The van der Waals surface area contributed by atoms with Gasteiger partial charge in [-0.2, -0.15) is 0 Å². The maximum atomic E-state index is 14.7. The van der Waals surface area contributed by atoms with E-state index < -0.39 is 0 Å². The van der Waals surface area contributed by atoms with Crippen molar-refractivity contribution in [2.24, 2.45) is 0 Å². The molecule has 4 nitrogen and oxygen atoms in total. The van der Waals surface area contributed by atoms with Crippen LogP contribution in [0.1, 0.15) is 49.9 Å². The summed E-state index contributed by atoms with van der Waals surface area (Å²) in [6.45, 7) is 9.29. The van der Waals surface area contributed by atoms with E-state index in [2.05, 4.69) is 265 Å². The number of fused-ring (bicyclic) bond motifs is 8. The summed E-state index contributed by atoms with van der Waals surface area (Å²) < 4.78 is 34.0. The molecule has 15 rings (SSSR count). The Kier molecular flexibility index (Phi) is 11.2. The Hall–Kier alpha value is -10.0. The van der Waals surface area contributed by atoms with Gasteiger partial charge in [0.25, 0.3) is 0 Å². The first-order valence-corrected chi connectivity index (χ1v) is 28.1. The Balaban J connectivity index is 0.855. The van der Waals surface area contributed by atoms with Crippen LogP contribution in [0.15, 0.2) is 267 Å². The van der Waals surface area contributed by atoms with Gasteiger partial charge < -0.3 is 18.9 Å². The fourth-order valence-corrected chi connectivity index (χ4v) is 13.3. The molecule has 0 saturated carbocycles. The second kappa shape index (κ2) is 18.8. The molecule has 0 radical (unpaired) electrons. The van der Waals surface area contributed by atoms with Gasteiger partial charge >= 0.3 is 0 Å². The largest absolute Gasteiger partial charge is 0.310 e. The third kappa shape index (κ3) is 7.84. The zero-order valence-electron chi connectivity index (χ0n) is 45.9. The Labute approximate surface area is 476 Å². The standard InChI is InChI=1S/C76H56F2N4/c1-75(2)67-21-13-11-19-63(67)65-41-39-61(47-69(65)75)79(55-15-7-5-8-16-55)57-31-35-59(36-32-57)81-71(49-23-27-53(77)28-24-49)43-51-46-74-52(45-73(51)81)44-72(50-25-29-54(78)30-26-50)82(74)60-37-33-58(34-38-60)80(56-17-9-6-10-18-56)62-40-42-66-64-20-12-14-22-68(64)76(3,4)70(66)48-62/h5-48H,1-4H3. The fourth-order valence-electron chi connectivity index (χ4n) is 13.3. The van der Waals surface area contributed by atoms with Crippen molar-refractivity contribution in [3.8, 4) is 56.1 Å². The molecule has 0 unspecified atom stereocenters. The summed E-state index contributed by atoms with van der Waals surface area (Å²) in [4.78, 5) is 4.67. The van der Waals surface area contributed by atoms with Gasteiger partial charge in [-0.3, -0.25) is 0 Å². The van der Waals surface area contributed by atoms with Crippen LogP contribution < -0.4 is 9.80 Å². The molecule has 2 aromatic heterocycles. The molecule has 394 valence electrons. The lowest BCUT2D eigenvalue weighted by atomic mass is 9.82. The van der Waals surface area contributed by atoms with Crippen molar-refractivity contribution in [3.05, 3.63) is 301 Å². The van der Waals surface area contributed by atoms with Crippen LogP contribution in [0, 0.1) is 11.6 Å². The molecule has 2 aliphatic carbocycles. The van der Waals surface area contributed by atoms with Crippen LogP contribution in [0.5, 0.6) is 0 Å². The van der Waals surface area contributed by atoms with Crippen LogP contribution in [0.3, 0.4) is 0 Å². The molecule has 0 aliphatic heterocycles. The van der Waals surface area contributed by atoms with Crippen LogP contribution in [0.25, 0.3) is 77.9 Å². The third-order valence-corrected chi connectivity index (χ3v) is 17.4. The second-order valence-corrected chi connectivity index (χ2v) is 22.9. The maximum Gasteiger partial charge on any atom is 0.123 e. The molecule has 82 heavy (non-hydrogen) atoms. The Morgan fingerprint density at radius 2 is 0.622 bits per heavy atom. The summed E-state index contributed by atoms with van der Waals surface area (Å²) in [7, 11) is 0. The number of aromatic nitrogens is 2. The van der Waals surface area contributed by atoms with Crippen molar-refractivity contribution < 1.29 is 8.78 Å². The fraction of sp³-hybridized carbons (Fsp3) is 0.0789. The van der Waals surface area contributed by atoms with E-state index in [1.807, 2.05) is 24.3 Å². The van der Waals surface area contributed by atoms with Crippen LogP contribution in [0.2, 0.25) is 0 Å². The first kappa shape index (κ1) is 49.0. The average Bonchev–Trinajstić information content (AvgIpc) is 4.42. The molecule has 0 spiro atoms. The monoisotopic (exact) mass is 1060 g/mol. The first-order chi connectivity index (χ1) is 40.0. The third-order valence-electron chi connectivity index (χ3n) is 17.4. The minimum absolute atomic E-state index is 0.155. The summed E-state index contributed by atoms with van der Waals surface area (Å²) in [6.07, 6.45) is 0. The highest BCUT2D eigenvalue weighted by Crippen LogP contribution is 2.53. The highest BCUT2D eigenvalue weighted by atomic mass is 19.1. The van der Waals surface area contributed by atoms with E-state index in [-0.39, 0.29) is 22.5 Å². The van der Waals surface area contributed by atoms with Crippen LogP contribution in [-0.4, -0.2) is 9.13 Å². The van der Waals surface area contributed by atoms with Gasteiger partial charge in [-0.25, -0.2) is 8.78 Å². The lowest BCUT2D eigenvalue weighted by Gasteiger charge is -2.28. The van der Waals surface area contributed by atoms with E-state index in [1.165, 1.54) is 68.8 Å². The van der Waals surface area contributed by atoms with Gasteiger partial charge in [-0.05, 0) is 225 Å². The van der Waals surface area contributed by atoms with Crippen molar-refractivity contribution in [2.75, 3.05) is 9.80 Å². The molecule has 13 aromatic rings. The maximum absolute atomic E-state index is 14.7. The lowest BCUT2D eigenvalue weighted by Crippen LogP contribution is -2.16. The number of rotatable bonds is 10. The molecule has 0 fully saturated rings. The zero-order chi connectivity index (χ0) is 55.4. The Morgan fingerprint density at radius 3 is 1.01 bits per heavy atom. The molecule has 6 heteroatoms. The first-order valence-electron chi connectivity index (χ1n) is 28.1. The normalized spacial score (nSPS) is 13.4. The highest BCUT2D eigenvalue weighted by Gasteiger charge is 2.37. The van der Waals surface area contributed by atoms with Gasteiger partial charge in [0.15, 0.2) is 0 Å². The minimum atomic E-state index is -0.288. The molecular formula is C76H56F2N4. The number of anilines is 6. The number of hydrogen-bond donors (Lipinski definition) is 0. The molecule has 0 amide bonds. The smallest absolute Gasteiger partial charge is 0.123 e. The van der Waals surface area contributed by atoms with E-state index in [0.29, 0.717) is 0 Å². The van der Waals surface area contributed by atoms with Gasteiger partial charge in [-0.1, -0.05) is 125 Å². The molecule has 2 aliphatic rings. The molecule has 11 aromatic carbocycles. The zero-order valence-corrected chi connectivity index (χ0v) is 45.9. The topological polar surface area (TPSA) is 16.3 Å². The Bertz CT molecular complexity index is 4310. The molecular weight excluding hydrogens is 1010 g/mol. The van der Waals surface area contributed by atoms with E-state index in [9.17, 15) is 8.78 Å². The Morgan fingerprint density at radius 1 is 0.293 bits per heavy atom. The average molecular weight is 1060 g/mol. The van der Waals surface area contributed by atoms with E-state index >= 15 is 0 Å². The van der Waals surface area contributed by atoms with E-state index in [1.54, 1.807) is 0 Å². The van der Waals surface area contributed by atoms with E-state index in [0.717, 1.165) is 89.8 Å². The van der Waals surface area contributed by atoms with Crippen LogP contribution in [0.4, 0.5) is 42.9 Å². The predicted molar refractivity (Wildman–Crippen MR) is 335 cm³/mol. The lowest BCUT2D eigenvalue weighted by molar-refractivity contribution is 0.627. The van der Waals surface area contributed by atoms with Gasteiger partial charge in [0, 0.05) is 67.1 Å². The summed E-state index contributed by atoms with van der Waals surface area (Å²) in [5, 5.41) is 2.03. The van der Waals surface area contributed by atoms with Crippen molar-refractivity contribution in [2.45, 2.75) is 38.5 Å². The minimum Gasteiger partial charge on any atom is -0.310 e. The summed E-state index contributed by atoms with van der Waals surface area (Å²) in [5.74, 6) is -0.576. The van der Waals surface area contributed by atoms with Gasteiger partial charge in [0.2, 0.25) is 0 Å². The number of halogens is 2. The molecule has 0 N–H and O–H groups in total. The van der Waals surface area contributed by atoms with Crippen LogP contribution >= 0.6 is 0 Å².